The Morgan fingerprint density at radius 1 is 1.20 bits per heavy atom. The number of pyridine rings is 1. The molecule has 0 amide bonds. The fourth-order valence-corrected chi connectivity index (χ4v) is 2.92. The van der Waals surface area contributed by atoms with Crippen LogP contribution in [0.5, 0.6) is 0 Å². The molecule has 106 valence electrons. The van der Waals surface area contributed by atoms with Gasteiger partial charge in [0.15, 0.2) is 0 Å². The smallest absolute Gasteiger partial charge is 0.208 e. The van der Waals surface area contributed by atoms with E-state index in [1.165, 1.54) is 37.7 Å². The van der Waals surface area contributed by atoms with Crippen LogP contribution in [-0.4, -0.2) is 20.6 Å². The Hall–Kier alpha value is -1.84. The molecule has 2 aromatic heterocycles. The molecule has 2 heterocycles. The Kier molecular flexibility index (Phi) is 3.72. The maximum atomic E-state index is 4.65. The summed E-state index contributed by atoms with van der Waals surface area (Å²) in [4.78, 5) is 8.89. The van der Waals surface area contributed by atoms with E-state index in [1.807, 2.05) is 25.4 Å². The number of nitrogens with one attached hydrogen (secondary N) is 1. The third-order valence-electron chi connectivity index (χ3n) is 4.04. The van der Waals surface area contributed by atoms with E-state index in [9.17, 15) is 0 Å². The van der Waals surface area contributed by atoms with Gasteiger partial charge in [-0.3, -0.25) is 9.55 Å². The van der Waals surface area contributed by atoms with Gasteiger partial charge in [-0.15, -0.1) is 0 Å². The first-order chi connectivity index (χ1) is 9.74. The number of hydrogen-bond donors (Lipinski definition) is 1. The molecule has 0 aliphatic heterocycles. The van der Waals surface area contributed by atoms with Gasteiger partial charge in [-0.1, -0.05) is 19.3 Å². The lowest BCUT2D eigenvalue weighted by molar-refractivity contribution is 0.460. The predicted molar refractivity (Wildman–Crippen MR) is 81.3 cm³/mol. The van der Waals surface area contributed by atoms with E-state index in [1.54, 1.807) is 0 Å². The fraction of sp³-hybridized carbons (Fsp3) is 0.500. The number of anilines is 1. The third-order valence-corrected chi connectivity index (χ3v) is 4.04. The van der Waals surface area contributed by atoms with Crippen molar-refractivity contribution in [1.82, 2.24) is 14.5 Å². The van der Waals surface area contributed by atoms with Crippen LogP contribution in [-0.2, 0) is 0 Å². The second-order valence-corrected chi connectivity index (χ2v) is 5.72. The number of imidazole rings is 1. The Morgan fingerprint density at radius 3 is 2.75 bits per heavy atom. The summed E-state index contributed by atoms with van der Waals surface area (Å²) in [5.74, 6) is 0.950. The van der Waals surface area contributed by atoms with Gasteiger partial charge in [-0.25, -0.2) is 4.98 Å². The molecule has 0 aromatic carbocycles. The highest BCUT2D eigenvalue weighted by atomic mass is 15.2. The van der Waals surface area contributed by atoms with Crippen LogP contribution in [0.4, 0.5) is 5.95 Å². The molecule has 0 saturated heterocycles. The van der Waals surface area contributed by atoms with Crippen LogP contribution in [0.1, 0.15) is 43.4 Å². The molecule has 1 N–H and O–H groups in total. The minimum Gasteiger partial charge on any atom is -0.353 e. The van der Waals surface area contributed by atoms with Gasteiger partial charge in [0, 0.05) is 18.4 Å². The molecule has 0 spiro atoms. The van der Waals surface area contributed by atoms with Crippen molar-refractivity contribution in [3.63, 3.8) is 0 Å². The summed E-state index contributed by atoms with van der Waals surface area (Å²) in [6.45, 7) is 4.14. The molecule has 0 radical (unpaired) electrons. The Labute approximate surface area is 120 Å². The maximum absolute atomic E-state index is 4.65. The zero-order valence-corrected chi connectivity index (χ0v) is 12.3. The lowest BCUT2D eigenvalue weighted by Crippen LogP contribution is -2.24. The van der Waals surface area contributed by atoms with Gasteiger partial charge >= 0.3 is 0 Å². The first-order valence-electron chi connectivity index (χ1n) is 7.47. The van der Waals surface area contributed by atoms with Gasteiger partial charge < -0.3 is 5.32 Å². The molecule has 3 rings (SSSR count). The molecule has 0 unspecified atom stereocenters. The molecule has 2 aromatic rings. The van der Waals surface area contributed by atoms with E-state index in [0.29, 0.717) is 6.04 Å². The zero-order valence-electron chi connectivity index (χ0n) is 12.3. The molecule has 0 atom stereocenters. The van der Waals surface area contributed by atoms with Gasteiger partial charge in [-0.2, -0.15) is 0 Å². The van der Waals surface area contributed by atoms with Crippen LogP contribution in [0.3, 0.4) is 0 Å². The fourth-order valence-electron chi connectivity index (χ4n) is 2.92. The highest BCUT2D eigenvalue weighted by molar-refractivity contribution is 5.46. The van der Waals surface area contributed by atoms with Crippen molar-refractivity contribution >= 4 is 5.95 Å². The van der Waals surface area contributed by atoms with Crippen molar-refractivity contribution in [1.29, 1.82) is 0 Å². The van der Waals surface area contributed by atoms with E-state index >= 15 is 0 Å². The molecule has 0 bridgehead atoms. The molecule has 4 heteroatoms. The summed E-state index contributed by atoms with van der Waals surface area (Å²) in [5, 5.41) is 3.62. The summed E-state index contributed by atoms with van der Waals surface area (Å²) in [6.07, 6.45) is 12.3. The minimum atomic E-state index is 0.557. The van der Waals surface area contributed by atoms with Crippen LogP contribution in [0.15, 0.2) is 24.7 Å². The van der Waals surface area contributed by atoms with Crippen molar-refractivity contribution in [3.05, 3.63) is 35.9 Å². The normalized spacial score (nSPS) is 16.3. The summed E-state index contributed by atoms with van der Waals surface area (Å²) >= 11 is 0. The quantitative estimate of drug-likeness (QED) is 0.926. The second kappa shape index (κ2) is 5.65. The summed E-state index contributed by atoms with van der Waals surface area (Å²) in [5.41, 5.74) is 3.35. The lowest BCUT2D eigenvalue weighted by Gasteiger charge is -2.23. The summed E-state index contributed by atoms with van der Waals surface area (Å²) in [6, 6.07) is 2.59. The molecule has 1 aliphatic carbocycles. The molecule has 20 heavy (non-hydrogen) atoms. The van der Waals surface area contributed by atoms with Crippen LogP contribution < -0.4 is 5.32 Å². The molecular formula is C16H22N4. The van der Waals surface area contributed by atoms with E-state index < -0.39 is 0 Å². The largest absolute Gasteiger partial charge is 0.353 e. The number of aromatic nitrogens is 3. The Bertz CT molecular complexity index is 582. The summed E-state index contributed by atoms with van der Waals surface area (Å²) < 4.78 is 2.13. The zero-order chi connectivity index (χ0) is 13.9. The van der Waals surface area contributed by atoms with Gasteiger partial charge in [0.05, 0.1) is 17.6 Å². The molecular weight excluding hydrogens is 248 g/mol. The number of aryl methyl sites for hydroxylation is 2. The van der Waals surface area contributed by atoms with Gasteiger partial charge in [-0.05, 0) is 38.3 Å². The van der Waals surface area contributed by atoms with Crippen LogP contribution >= 0.6 is 0 Å². The van der Waals surface area contributed by atoms with Crippen molar-refractivity contribution in [2.75, 3.05) is 5.32 Å². The average Bonchev–Trinajstić information content (AvgIpc) is 2.81. The summed E-state index contributed by atoms with van der Waals surface area (Å²) in [7, 11) is 0. The number of nitrogens with zero attached hydrogens (tertiary/aromatic N) is 3. The second-order valence-electron chi connectivity index (χ2n) is 5.72. The first-order valence-corrected chi connectivity index (χ1v) is 7.47. The number of rotatable bonds is 3. The molecule has 1 saturated carbocycles. The van der Waals surface area contributed by atoms with Gasteiger partial charge in [0.1, 0.15) is 0 Å². The minimum absolute atomic E-state index is 0.557. The van der Waals surface area contributed by atoms with Crippen molar-refractivity contribution < 1.29 is 0 Å². The topological polar surface area (TPSA) is 42.7 Å². The van der Waals surface area contributed by atoms with Crippen molar-refractivity contribution in [2.24, 2.45) is 0 Å². The lowest BCUT2D eigenvalue weighted by atomic mass is 9.96. The van der Waals surface area contributed by atoms with Gasteiger partial charge in [0.2, 0.25) is 5.95 Å². The average molecular weight is 270 g/mol. The third kappa shape index (κ3) is 2.69. The van der Waals surface area contributed by atoms with Crippen LogP contribution in [0.25, 0.3) is 5.69 Å². The highest BCUT2D eigenvalue weighted by Crippen LogP contribution is 2.24. The van der Waals surface area contributed by atoms with Crippen LogP contribution in [0, 0.1) is 13.8 Å². The van der Waals surface area contributed by atoms with Crippen LogP contribution in [0.2, 0.25) is 0 Å². The Morgan fingerprint density at radius 2 is 2.00 bits per heavy atom. The van der Waals surface area contributed by atoms with Crippen molar-refractivity contribution in [2.45, 2.75) is 52.0 Å². The van der Waals surface area contributed by atoms with E-state index in [4.69, 9.17) is 0 Å². The Balaban J connectivity index is 1.90. The maximum Gasteiger partial charge on any atom is 0.208 e. The predicted octanol–water partition coefficient (Wildman–Crippen LogP) is 3.63. The SMILES string of the molecule is Cc1cn(-c2cnccc2C)c(NC2CCCCC2)n1. The molecule has 4 nitrogen and oxygen atoms in total. The standard InChI is InChI=1S/C16H22N4/c1-12-8-9-17-10-15(12)20-11-13(2)18-16(20)19-14-6-4-3-5-7-14/h8-11,14H,3-7H2,1-2H3,(H,18,19). The van der Waals surface area contributed by atoms with E-state index in [-0.39, 0.29) is 0 Å². The molecule has 1 fully saturated rings. The van der Waals surface area contributed by atoms with E-state index in [2.05, 4.69) is 33.0 Å². The first kappa shape index (κ1) is 13.2. The highest BCUT2D eigenvalue weighted by Gasteiger charge is 2.17. The monoisotopic (exact) mass is 270 g/mol. The molecule has 1 aliphatic rings. The van der Waals surface area contributed by atoms with E-state index in [0.717, 1.165) is 17.3 Å². The van der Waals surface area contributed by atoms with Gasteiger partial charge in [0.25, 0.3) is 0 Å². The van der Waals surface area contributed by atoms with Crippen molar-refractivity contribution in [3.8, 4) is 5.69 Å². The number of hydrogen-bond acceptors (Lipinski definition) is 3.